The topological polar surface area (TPSA) is 59.2 Å². The van der Waals surface area contributed by atoms with E-state index in [-0.39, 0.29) is 6.04 Å². The van der Waals surface area contributed by atoms with Crippen LogP contribution in [0.4, 0.5) is 0 Å². The second-order valence-corrected chi connectivity index (χ2v) is 7.39. The molecule has 0 saturated carbocycles. The highest BCUT2D eigenvalue weighted by atomic mass is 79.9. The fourth-order valence-electron chi connectivity index (χ4n) is 3.02. The molecule has 1 heterocycles. The number of H-pyrrole nitrogens is 1. The third-order valence-electron chi connectivity index (χ3n) is 4.43. The van der Waals surface area contributed by atoms with Crippen LogP contribution in [-0.4, -0.2) is 24.2 Å². The minimum absolute atomic E-state index is 0.113. The van der Waals surface area contributed by atoms with Gasteiger partial charge in [-0.2, -0.15) is 0 Å². The standard InChI is InChI=1S/C20H24BrN3O2/c1-12(2)19(20-23-15-7-5-6-8-16(15)24-20)22-11-13-9-17(25-3)18(26-4)10-14(13)21/h5-10,12,19,22H,11H2,1-4H3,(H,23,24). The molecule has 2 aromatic carbocycles. The fraction of sp³-hybridized carbons (Fsp3) is 0.350. The van der Waals surface area contributed by atoms with Gasteiger partial charge in [0.05, 0.1) is 31.3 Å². The third kappa shape index (κ3) is 3.86. The zero-order valence-corrected chi connectivity index (χ0v) is 17.1. The maximum atomic E-state index is 5.42. The molecule has 5 nitrogen and oxygen atoms in total. The molecule has 138 valence electrons. The van der Waals surface area contributed by atoms with Gasteiger partial charge in [0.15, 0.2) is 11.5 Å². The highest BCUT2D eigenvalue weighted by Gasteiger charge is 2.20. The van der Waals surface area contributed by atoms with E-state index in [9.17, 15) is 0 Å². The van der Waals surface area contributed by atoms with Crippen LogP contribution in [0.15, 0.2) is 40.9 Å². The normalized spacial score (nSPS) is 12.5. The summed E-state index contributed by atoms with van der Waals surface area (Å²) in [6, 6.07) is 12.1. The van der Waals surface area contributed by atoms with E-state index in [4.69, 9.17) is 14.5 Å². The van der Waals surface area contributed by atoms with E-state index < -0.39 is 0 Å². The molecule has 0 saturated heterocycles. The molecule has 0 radical (unpaired) electrons. The van der Waals surface area contributed by atoms with Crippen LogP contribution in [0.1, 0.15) is 31.3 Å². The molecule has 1 unspecified atom stereocenters. The molecule has 1 aromatic heterocycles. The fourth-order valence-corrected chi connectivity index (χ4v) is 3.48. The zero-order chi connectivity index (χ0) is 18.7. The lowest BCUT2D eigenvalue weighted by Crippen LogP contribution is -2.26. The Kier molecular flexibility index (Phi) is 5.84. The molecular formula is C20H24BrN3O2. The third-order valence-corrected chi connectivity index (χ3v) is 5.17. The van der Waals surface area contributed by atoms with Gasteiger partial charge in [-0.15, -0.1) is 0 Å². The lowest BCUT2D eigenvalue weighted by Gasteiger charge is -2.21. The number of rotatable bonds is 7. The van der Waals surface area contributed by atoms with Crippen LogP contribution in [-0.2, 0) is 6.54 Å². The van der Waals surface area contributed by atoms with Gasteiger partial charge in [0.25, 0.3) is 0 Å². The Balaban J connectivity index is 1.83. The molecule has 0 bridgehead atoms. The van der Waals surface area contributed by atoms with E-state index >= 15 is 0 Å². The second kappa shape index (κ2) is 8.10. The minimum Gasteiger partial charge on any atom is -0.493 e. The predicted octanol–water partition coefficient (Wildman–Crippen LogP) is 4.83. The highest BCUT2D eigenvalue weighted by Crippen LogP contribution is 2.33. The monoisotopic (exact) mass is 417 g/mol. The molecule has 1 atom stereocenters. The number of benzene rings is 2. The van der Waals surface area contributed by atoms with Crippen molar-refractivity contribution in [2.75, 3.05) is 14.2 Å². The first-order valence-electron chi connectivity index (χ1n) is 8.62. The van der Waals surface area contributed by atoms with E-state index in [1.807, 2.05) is 36.4 Å². The number of hydrogen-bond donors (Lipinski definition) is 2. The summed E-state index contributed by atoms with van der Waals surface area (Å²) >= 11 is 3.62. The van der Waals surface area contributed by atoms with Crippen LogP contribution >= 0.6 is 15.9 Å². The summed E-state index contributed by atoms with van der Waals surface area (Å²) in [7, 11) is 3.28. The number of ether oxygens (including phenoxy) is 2. The number of nitrogens with one attached hydrogen (secondary N) is 2. The Labute approximate surface area is 162 Å². The summed E-state index contributed by atoms with van der Waals surface area (Å²) in [6.45, 7) is 5.06. The number of methoxy groups -OCH3 is 2. The molecule has 0 spiro atoms. The minimum atomic E-state index is 0.113. The molecule has 0 aliphatic heterocycles. The number of aromatic amines is 1. The van der Waals surface area contributed by atoms with E-state index in [2.05, 4.69) is 40.1 Å². The first-order chi connectivity index (χ1) is 12.5. The maximum Gasteiger partial charge on any atom is 0.161 e. The SMILES string of the molecule is COc1cc(Br)c(CNC(c2nc3ccccc3[nH]2)C(C)C)cc1OC. The number of fused-ring (bicyclic) bond motifs is 1. The van der Waals surface area contributed by atoms with Gasteiger partial charge in [0.2, 0.25) is 0 Å². The number of para-hydroxylation sites is 2. The smallest absolute Gasteiger partial charge is 0.161 e. The average molecular weight is 418 g/mol. The van der Waals surface area contributed by atoms with E-state index in [0.717, 1.165) is 32.6 Å². The molecule has 26 heavy (non-hydrogen) atoms. The van der Waals surface area contributed by atoms with Crippen molar-refractivity contribution in [1.82, 2.24) is 15.3 Å². The summed E-state index contributed by atoms with van der Waals surface area (Å²) in [5, 5.41) is 3.62. The van der Waals surface area contributed by atoms with Crippen molar-refractivity contribution in [3.8, 4) is 11.5 Å². The summed E-state index contributed by atoms with van der Waals surface area (Å²) < 4.78 is 11.7. The van der Waals surface area contributed by atoms with Gasteiger partial charge in [-0.1, -0.05) is 41.9 Å². The average Bonchev–Trinajstić information content (AvgIpc) is 3.06. The van der Waals surface area contributed by atoms with Crippen LogP contribution < -0.4 is 14.8 Å². The number of halogens is 1. The number of hydrogen-bond acceptors (Lipinski definition) is 4. The van der Waals surface area contributed by atoms with Gasteiger partial charge in [0, 0.05) is 11.0 Å². The molecule has 6 heteroatoms. The van der Waals surface area contributed by atoms with Crippen molar-refractivity contribution in [1.29, 1.82) is 0 Å². The van der Waals surface area contributed by atoms with Gasteiger partial charge in [-0.05, 0) is 35.7 Å². The largest absolute Gasteiger partial charge is 0.493 e. The first-order valence-corrected chi connectivity index (χ1v) is 9.41. The van der Waals surface area contributed by atoms with Crippen LogP contribution in [0.3, 0.4) is 0 Å². The quantitative estimate of drug-likeness (QED) is 0.577. The van der Waals surface area contributed by atoms with Crippen molar-refractivity contribution >= 4 is 27.0 Å². The summed E-state index contributed by atoms with van der Waals surface area (Å²) in [6.07, 6.45) is 0. The number of imidazole rings is 1. The zero-order valence-electron chi connectivity index (χ0n) is 15.5. The molecule has 3 rings (SSSR count). The van der Waals surface area contributed by atoms with Crippen molar-refractivity contribution in [3.05, 3.63) is 52.3 Å². The predicted molar refractivity (Wildman–Crippen MR) is 108 cm³/mol. The van der Waals surface area contributed by atoms with E-state index in [1.165, 1.54) is 0 Å². The Hall–Kier alpha value is -2.05. The maximum absolute atomic E-state index is 5.42. The van der Waals surface area contributed by atoms with E-state index in [1.54, 1.807) is 14.2 Å². The van der Waals surface area contributed by atoms with Gasteiger partial charge in [-0.3, -0.25) is 0 Å². The van der Waals surface area contributed by atoms with Crippen LogP contribution in [0.25, 0.3) is 11.0 Å². The first kappa shape index (κ1) is 18.7. The molecule has 0 aliphatic carbocycles. The van der Waals surface area contributed by atoms with Crippen LogP contribution in [0.2, 0.25) is 0 Å². The van der Waals surface area contributed by atoms with Crippen molar-refractivity contribution < 1.29 is 9.47 Å². The van der Waals surface area contributed by atoms with Crippen LogP contribution in [0.5, 0.6) is 11.5 Å². The van der Waals surface area contributed by atoms with Crippen LogP contribution in [0, 0.1) is 5.92 Å². The summed E-state index contributed by atoms with van der Waals surface area (Å²) in [5.41, 5.74) is 3.15. The van der Waals surface area contributed by atoms with Crippen molar-refractivity contribution in [3.63, 3.8) is 0 Å². The molecule has 2 N–H and O–H groups in total. The van der Waals surface area contributed by atoms with Crippen molar-refractivity contribution in [2.45, 2.75) is 26.4 Å². The van der Waals surface area contributed by atoms with E-state index in [0.29, 0.717) is 18.2 Å². The Morgan fingerprint density at radius 2 is 1.81 bits per heavy atom. The number of aromatic nitrogens is 2. The lowest BCUT2D eigenvalue weighted by atomic mass is 10.0. The number of nitrogens with zero attached hydrogens (tertiary/aromatic N) is 1. The van der Waals surface area contributed by atoms with Crippen molar-refractivity contribution in [2.24, 2.45) is 5.92 Å². The molecular weight excluding hydrogens is 394 g/mol. The van der Waals surface area contributed by atoms with Gasteiger partial charge < -0.3 is 19.8 Å². The summed E-state index contributed by atoms with van der Waals surface area (Å²) in [4.78, 5) is 8.19. The Morgan fingerprint density at radius 3 is 2.46 bits per heavy atom. The second-order valence-electron chi connectivity index (χ2n) is 6.54. The summed E-state index contributed by atoms with van der Waals surface area (Å²) in [5.74, 6) is 2.77. The van der Waals surface area contributed by atoms with Gasteiger partial charge in [-0.25, -0.2) is 4.98 Å². The van der Waals surface area contributed by atoms with Gasteiger partial charge >= 0.3 is 0 Å². The molecule has 0 aliphatic rings. The Bertz CT molecular complexity index is 859. The molecule has 0 fully saturated rings. The lowest BCUT2D eigenvalue weighted by molar-refractivity contribution is 0.353. The Morgan fingerprint density at radius 1 is 1.12 bits per heavy atom. The van der Waals surface area contributed by atoms with Gasteiger partial charge in [0.1, 0.15) is 5.82 Å². The molecule has 3 aromatic rings. The molecule has 0 amide bonds. The highest BCUT2D eigenvalue weighted by molar-refractivity contribution is 9.10.